The number of likely N-dealkylation sites (tertiary alicyclic amines) is 1. The predicted molar refractivity (Wildman–Crippen MR) is 58.9 cm³/mol. The van der Waals surface area contributed by atoms with E-state index in [0.29, 0.717) is 23.6 Å². The zero-order valence-electron chi connectivity index (χ0n) is 9.31. The fourth-order valence-corrected chi connectivity index (χ4v) is 2.97. The minimum atomic E-state index is 0.0828. The van der Waals surface area contributed by atoms with Crippen molar-refractivity contribution in [1.29, 1.82) is 0 Å². The Morgan fingerprint density at radius 1 is 1.56 bits per heavy atom. The summed E-state index contributed by atoms with van der Waals surface area (Å²) >= 11 is 0. The summed E-state index contributed by atoms with van der Waals surface area (Å²) in [5.41, 5.74) is 0.597. The van der Waals surface area contributed by atoms with E-state index >= 15 is 0 Å². The Kier molecular flexibility index (Phi) is 2.21. The number of rotatable bonds is 1. The second-order valence-electron chi connectivity index (χ2n) is 4.75. The number of nitrogens with zero attached hydrogens (tertiary/aromatic N) is 2. The fourth-order valence-electron chi connectivity index (χ4n) is 2.97. The number of H-pyrrole nitrogens is 1. The van der Waals surface area contributed by atoms with E-state index in [9.17, 15) is 4.79 Å². The highest BCUT2D eigenvalue weighted by atomic mass is 16.2. The van der Waals surface area contributed by atoms with Gasteiger partial charge in [-0.15, -0.1) is 0 Å². The lowest BCUT2D eigenvalue weighted by Crippen LogP contribution is -2.38. The van der Waals surface area contributed by atoms with Crippen LogP contribution in [0.4, 0.5) is 0 Å². The first-order valence-corrected chi connectivity index (χ1v) is 5.78. The SMILES string of the molecule is CC1C2CNCC2CN1C(=O)c1ccn[nH]1. The van der Waals surface area contributed by atoms with E-state index in [4.69, 9.17) is 0 Å². The monoisotopic (exact) mass is 220 g/mol. The quantitative estimate of drug-likeness (QED) is 0.705. The average molecular weight is 220 g/mol. The molecule has 0 aliphatic carbocycles. The first kappa shape index (κ1) is 9.84. The lowest BCUT2D eigenvalue weighted by Gasteiger charge is -2.23. The molecule has 3 atom stereocenters. The van der Waals surface area contributed by atoms with E-state index in [0.717, 1.165) is 19.6 Å². The molecule has 0 saturated carbocycles. The highest BCUT2D eigenvalue weighted by Gasteiger charge is 2.43. The third kappa shape index (κ3) is 1.35. The Bertz CT molecular complexity index is 389. The van der Waals surface area contributed by atoms with Crippen LogP contribution in [0.2, 0.25) is 0 Å². The van der Waals surface area contributed by atoms with Crippen LogP contribution in [0.3, 0.4) is 0 Å². The number of hydrogen-bond donors (Lipinski definition) is 2. The van der Waals surface area contributed by atoms with E-state index < -0.39 is 0 Å². The molecule has 2 aliphatic heterocycles. The minimum absolute atomic E-state index is 0.0828. The van der Waals surface area contributed by atoms with Crippen molar-refractivity contribution in [3.63, 3.8) is 0 Å². The van der Waals surface area contributed by atoms with Gasteiger partial charge in [0.05, 0.1) is 0 Å². The second-order valence-corrected chi connectivity index (χ2v) is 4.75. The first-order valence-electron chi connectivity index (χ1n) is 5.78. The van der Waals surface area contributed by atoms with E-state index in [1.54, 1.807) is 12.3 Å². The van der Waals surface area contributed by atoms with Gasteiger partial charge < -0.3 is 10.2 Å². The molecule has 2 saturated heterocycles. The van der Waals surface area contributed by atoms with Crippen LogP contribution >= 0.6 is 0 Å². The third-order valence-corrected chi connectivity index (χ3v) is 3.93. The molecule has 0 spiro atoms. The Morgan fingerprint density at radius 2 is 2.44 bits per heavy atom. The van der Waals surface area contributed by atoms with Crippen LogP contribution < -0.4 is 5.32 Å². The van der Waals surface area contributed by atoms with Crippen molar-refractivity contribution in [3.05, 3.63) is 18.0 Å². The number of hydrogen-bond acceptors (Lipinski definition) is 3. The zero-order chi connectivity index (χ0) is 11.1. The van der Waals surface area contributed by atoms with Gasteiger partial charge in [-0.25, -0.2) is 0 Å². The molecule has 2 fully saturated rings. The second kappa shape index (κ2) is 3.59. The van der Waals surface area contributed by atoms with Crippen molar-refractivity contribution in [2.75, 3.05) is 19.6 Å². The maximum atomic E-state index is 12.2. The van der Waals surface area contributed by atoms with Crippen molar-refractivity contribution in [2.45, 2.75) is 13.0 Å². The van der Waals surface area contributed by atoms with Gasteiger partial charge in [-0.3, -0.25) is 9.89 Å². The molecular formula is C11H16N4O. The number of fused-ring (bicyclic) bond motifs is 1. The minimum Gasteiger partial charge on any atom is -0.334 e. The van der Waals surface area contributed by atoms with Gasteiger partial charge in [0, 0.05) is 31.9 Å². The van der Waals surface area contributed by atoms with Crippen LogP contribution in [-0.4, -0.2) is 46.7 Å². The lowest BCUT2D eigenvalue weighted by atomic mass is 9.95. The van der Waals surface area contributed by atoms with Gasteiger partial charge in [-0.2, -0.15) is 5.10 Å². The highest BCUT2D eigenvalue weighted by Crippen LogP contribution is 2.32. The number of amides is 1. The van der Waals surface area contributed by atoms with Gasteiger partial charge in [-0.05, 0) is 24.8 Å². The molecule has 1 aromatic rings. The van der Waals surface area contributed by atoms with Crippen molar-refractivity contribution in [3.8, 4) is 0 Å². The molecular weight excluding hydrogens is 204 g/mol. The smallest absolute Gasteiger partial charge is 0.272 e. The molecule has 3 unspecified atom stereocenters. The van der Waals surface area contributed by atoms with Crippen LogP contribution in [0.5, 0.6) is 0 Å². The van der Waals surface area contributed by atoms with Gasteiger partial charge in [-0.1, -0.05) is 0 Å². The number of nitrogens with one attached hydrogen (secondary N) is 2. The number of carbonyl (C=O) groups excluding carboxylic acids is 1. The molecule has 0 aromatic carbocycles. The standard InChI is InChI=1S/C11H16N4O/c1-7-9-5-12-4-8(9)6-15(7)11(16)10-2-3-13-14-10/h2-3,7-9,12H,4-6H2,1H3,(H,13,14). The Labute approximate surface area is 94.2 Å². The maximum absolute atomic E-state index is 12.2. The van der Waals surface area contributed by atoms with Crippen LogP contribution in [0.15, 0.2) is 12.3 Å². The summed E-state index contributed by atoms with van der Waals surface area (Å²) in [4.78, 5) is 14.2. The molecule has 0 radical (unpaired) electrons. The highest BCUT2D eigenvalue weighted by molar-refractivity contribution is 5.92. The molecule has 3 heterocycles. The van der Waals surface area contributed by atoms with Gasteiger partial charge in [0.1, 0.15) is 5.69 Å². The van der Waals surface area contributed by atoms with Crippen LogP contribution in [0.1, 0.15) is 17.4 Å². The summed E-state index contributed by atoms with van der Waals surface area (Å²) in [7, 11) is 0. The first-order chi connectivity index (χ1) is 7.77. The van der Waals surface area contributed by atoms with Crippen molar-refractivity contribution < 1.29 is 4.79 Å². The van der Waals surface area contributed by atoms with Crippen molar-refractivity contribution in [1.82, 2.24) is 20.4 Å². The molecule has 5 heteroatoms. The van der Waals surface area contributed by atoms with Crippen LogP contribution in [0, 0.1) is 11.8 Å². The molecule has 5 nitrogen and oxygen atoms in total. The van der Waals surface area contributed by atoms with Crippen molar-refractivity contribution >= 4 is 5.91 Å². The van der Waals surface area contributed by atoms with E-state index in [1.165, 1.54) is 0 Å². The molecule has 86 valence electrons. The van der Waals surface area contributed by atoms with Crippen LogP contribution in [0.25, 0.3) is 0 Å². The van der Waals surface area contributed by atoms with Crippen LogP contribution in [-0.2, 0) is 0 Å². The normalized spacial score (nSPS) is 33.1. The molecule has 16 heavy (non-hydrogen) atoms. The van der Waals surface area contributed by atoms with Gasteiger partial charge >= 0.3 is 0 Å². The third-order valence-electron chi connectivity index (χ3n) is 3.93. The summed E-state index contributed by atoms with van der Waals surface area (Å²) in [6.07, 6.45) is 1.62. The van der Waals surface area contributed by atoms with E-state index in [1.807, 2.05) is 4.90 Å². The van der Waals surface area contributed by atoms with E-state index in [2.05, 4.69) is 22.4 Å². The summed E-state index contributed by atoms with van der Waals surface area (Å²) in [6.45, 7) is 5.10. The average Bonchev–Trinajstić information content (AvgIpc) is 2.95. The van der Waals surface area contributed by atoms with Gasteiger partial charge in [0.25, 0.3) is 5.91 Å². The Hall–Kier alpha value is -1.36. The number of aromatic amines is 1. The zero-order valence-corrected chi connectivity index (χ0v) is 9.31. The number of aromatic nitrogens is 2. The summed E-state index contributed by atoms with van der Waals surface area (Å²) in [5, 5.41) is 9.96. The Morgan fingerprint density at radius 3 is 3.12 bits per heavy atom. The van der Waals surface area contributed by atoms with Gasteiger partial charge in [0.2, 0.25) is 0 Å². The summed E-state index contributed by atoms with van der Waals surface area (Å²) in [6, 6.07) is 2.07. The number of carbonyl (C=O) groups is 1. The van der Waals surface area contributed by atoms with Crippen molar-refractivity contribution in [2.24, 2.45) is 11.8 Å². The van der Waals surface area contributed by atoms with E-state index in [-0.39, 0.29) is 5.91 Å². The molecule has 1 amide bonds. The maximum Gasteiger partial charge on any atom is 0.272 e. The lowest BCUT2D eigenvalue weighted by molar-refractivity contribution is 0.0722. The fraction of sp³-hybridized carbons (Fsp3) is 0.636. The molecule has 1 aromatic heterocycles. The molecule has 2 N–H and O–H groups in total. The molecule has 2 aliphatic rings. The topological polar surface area (TPSA) is 61.0 Å². The molecule has 3 rings (SSSR count). The predicted octanol–water partition coefficient (Wildman–Crippen LogP) is 0.0896. The van der Waals surface area contributed by atoms with Gasteiger partial charge in [0.15, 0.2) is 0 Å². The summed E-state index contributed by atoms with van der Waals surface area (Å²) in [5.74, 6) is 1.33. The Balaban J connectivity index is 1.79. The summed E-state index contributed by atoms with van der Waals surface area (Å²) < 4.78 is 0. The molecule has 0 bridgehead atoms. The largest absolute Gasteiger partial charge is 0.334 e.